The summed E-state index contributed by atoms with van der Waals surface area (Å²) >= 11 is 1.61. The number of carbonyl (C=O) groups excluding carboxylic acids is 2. The number of rotatable bonds is 8. The van der Waals surface area contributed by atoms with Gasteiger partial charge in [-0.3, -0.25) is 9.59 Å². The molecule has 2 aliphatic carbocycles. The Morgan fingerprint density at radius 3 is 2.21 bits per heavy atom. The number of amides is 2. The Hall–Kier alpha value is -3.00. The fourth-order valence-corrected chi connectivity index (χ4v) is 6.04. The van der Waals surface area contributed by atoms with Gasteiger partial charge in [-0.15, -0.1) is 0 Å². The van der Waals surface area contributed by atoms with Crippen LogP contribution in [0.25, 0.3) is 11.1 Å². The van der Waals surface area contributed by atoms with E-state index in [2.05, 4.69) is 29.6 Å². The van der Waals surface area contributed by atoms with Gasteiger partial charge in [0.2, 0.25) is 5.91 Å². The molecule has 0 radical (unpaired) electrons. The first kappa shape index (κ1) is 22.8. The number of nitrogens with one attached hydrogen (secondary N) is 1. The van der Waals surface area contributed by atoms with Crippen molar-refractivity contribution in [3.63, 3.8) is 0 Å². The van der Waals surface area contributed by atoms with E-state index in [1.54, 1.807) is 16.7 Å². The third-order valence-corrected chi connectivity index (χ3v) is 7.98. The lowest BCUT2D eigenvalue weighted by molar-refractivity contribution is -0.141. The van der Waals surface area contributed by atoms with Gasteiger partial charge in [0.25, 0.3) is 0 Å². The van der Waals surface area contributed by atoms with Gasteiger partial charge in [-0.05, 0) is 52.5 Å². The van der Waals surface area contributed by atoms with Gasteiger partial charge in [0, 0.05) is 19.0 Å². The van der Waals surface area contributed by atoms with Crippen LogP contribution in [0.1, 0.15) is 23.5 Å². The smallest absolute Gasteiger partial charge is 0.407 e. The van der Waals surface area contributed by atoms with Crippen molar-refractivity contribution in [3.8, 4) is 11.1 Å². The van der Waals surface area contributed by atoms with Gasteiger partial charge >= 0.3 is 12.1 Å². The zero-order valence-corrected chi connectivity index (χ0v) is 19.8. The summed E-state index contributed by atoms with van der Waals surface area (Å²) in [5.41, 5.74) is 4.59. The maximum Gasteiger partial charge on any atom is 0.407 e. The second-order valence-corrected chi connectivity index (χ2v) is 10.2. The Labute approximate surface area is 202 Å². The van der Waals surface area contributed by atoms with Crippen molar-refractivity contribution in [3.05, 3.63) is 59.7 Å². The number of aliphatic carboxylic acids is 1. The molecule has 0 spiro atoms. The Morgan fingerprint density at radius 2 is 1.65 bits per heavy atom. The molecule has 1 aliphatic heterocycles. The fraction of sp³-hybridized carbons (Fsp3) is 0.423. The number of alkyl carbamates (subject to hydrolysis) is 1. The normalized spacial score (nSPS) is 23.0. The van der Waals surface area contributed by atoms with Crippen LogP contribution in [0.4, 0.5) is 4.79 Å². The number of hydrogen-bond acceptors (Lipinski definition) is 5. The van der Waals surface area contributed by atoms with Gasteiger partial charge in [0.1, 0.15) is 12.6 Å². The molecule has 0 aromatic heterocycles. The number of hydrogen-bond donors (Lipinski definition) is 2. The highest BCUT2D eigenvalue weighted by atomic mass is 32.2. The standard InChI is InChI=1S/C26H28N2O5S/c1-34-11-10-22(24(29)28-12-19-20(13-28)23(19)25(30)31)27-26(32)33-14-21-17-8-4-2-6-15(17)16-7-3-5-9-18(16)21/h2-9,19-23H,10-14H2,1H3,(H,27,32)(H,30,31)/t19?,20?,22-,23?/m1/s1. The number of carboxylic acids is 1. The first-order chi connectivity index (χ1) is 16.5. The average molecular weight is 481 g/mol. The third kappa shape index (κ3) is 4.15. The third-order valence-electron chi connectivity index (χ3n) is 7.34. The predicted molar refractivity (Wildman–Crippen MR) is 130 cm³/mol. The molecule has 178 valence electrons. The first-order valence-electron chi connectivity index (χ1n) is 11.6. The van der Waals surface area contributed by atoms with Crippen molar-refractivity contribution in [1.29, 1.82) is 0 Å². The zero-order valence-electron chi connectivity index (χ0n) is 19.0. The van der Waals surface area contributed by atoms with E-state index in [0.717, 1.165) is 28.0 Å². The number of nitrogens with zero attached hydrogens (tertiary/aromatic N) is 1. The molecule has 7 nitrogen and oxygen atoms in total. The SMILES string of the molecule is CSCC[C@@H](NC(=O)OCC1c2ccccc2-c2ccccc21)C(=O)N1CC2C(C1)C2C(=O)O. The molecule has 2 N–H and O–H groups in total. The Balaban J connectivity index is 1.21. The van der Waals surface area contributed by atoms with E-state index in [0.29, 0.717) is 19.5 Å². The number of carbonyl (C=O) groups is 3. The number of ether oxygens (including phenoxy) is 1. The summed E-state index contributed by atoms with van der Waals surface area (Å²) in [6.07, 6.45) is 1.85. The van der Waals surface area contributed by atoms with Crippen LogP contribution in [-0.2, 0) is 14.3 Å². The van der Waals surface area contributed by atoms with Crippen LogP contribution in [0, 0.1) is 17.8 Å². The topological polar surface area (TPSA) is 95.9 Å². The van der Waals surface area contributed by atoms with Crippen molar-refractivity contribution in [2.24, 2.45) is 17.8 Å². The van der Waals surface area contributed by atoms with Crippen molar-refractivity contribution in [2.75, 3.05) is 31.7 Å². The van der Waals surface area contributed by atoms with Crippen molar-refractivity contribution < 1.29 is 24.2 Å². The summed E-state index contributed by atoms with van der Waals surface area (Å²) in [6, 6.07) is 15.6. The summed E-state index contributed by atoms with van der Waals surface area (Å²) in [4.78, 5) is 38.8. The highest BCUT2D eigenvalue weighted by Gasteiger charge is 2.60. The van der Waals surface area contributed by atoms with E-state index < -0.39 is 18.1 Å². The van der Waals surface area contributed by atoms with Crippen molar-refractivity contribution in [2.45, 2.75) is 18.4 Å². The Morgan fingerprint density at radius 1 is 1.06 bits per heavy atom. The number of likely N-dealkylation sites (tertiary alicyclic amines) is 1. The Kier molecular flexibility index (Phi) is 6.25. The van der Waals surface area contributed by atoms with E-state index in [-0.39, 0.29) is 36.2 Å². The number of thioether (sulfide) groups is 1. The van der Waals surface area contributed by atoms with Crippen LogP contribution in [0.15, 0.2) is 48.5 Å². The molecule has 34 heavy (non-hydrogen) atoms. The minimum Gasteiger partial charge on any atom is -0.481 e. The molecule has 2 unspecified atom stereocenters. The lowest BCUT2D eigenvalue weighted by Gasteiger charge is -2.26. The summed E-state index contributed by atoms with van der Waals surface area (Å²) in [7, 11) is 0. The first-order valence-corrected chi connectivity index (χ1v) is 13.0. The summed E-state index contributed by atoms with van der Waals surface area (Å²) in [5, 5.41) is 12.0. The maximum absolute atomic E-state index is 13.1. The van der Waals surface area contributed by atoms with Crippen molar-refractivity contribution in [1.82, 2.24) is 10.2 Å². The minimum absolute atomic E-state index is 0.0390. The average Bonchev–Trinajstić information content (AvgIpc) is 3.20. The maximum atomic E-state index is 13.1. The second-order valence-electron chi connectivity index (χ2n) is 9.24. The van der Waals surface area contributed by atoms with Gasteiger partial charge in [-0.25, -0.2) is 4.79 Å². The monoisotopic (exact) mass is 480 g/mol. The van der Waals surface area contributed by atoms with Gasteiger partial charge in [0.05, 0.1) is 5.92 Å². The molecule has 3 atom stereocenters. The van der Waals surface area contributed by atoms with Gasteiger partial charge in [0.15, 0.2) is 0 Å². The summed E-state index contributed by atoms with van der Waals surface area (Å²) in [6.45, 7) is 1.09. The molecular weight excluding hydrogens is 452 g/mol. The molecule has 2 fully saturated rings. The molecule has 1 saturated heterocycles. The summed E-state index contributed by atoms with van der Waals surface area (Å²) < 4.78 is 5.64. The molecular formula is C26H28N2O5S. The highest BCUT2D eigenvalue weighted by Crippen LogP contribution is 2.52. The predicted octanol–water partition coefficient (Wildman–Crippen LogP) is 3.44. The van der Waals surface area contributed by atoms with Gasteiger partial charge in [-0.1, -0.05) is 48.5 Å². The summed E-state index contributed by atoms with van der Waals surface area (Å²) in [5.74, 6) is -0.509. The lowest BCUT2D eigenvalue weighted by atomic mass is 9.98. The number of carboxylic acid groups (broad SMARTS) is 1. The van der Waals surface area contributed by atoms with Crippen LogP contribution in [-0.4, -0.2) is 65.7 Å². The molecule has 2 aromatic rings. The van der Waals surface area contributed by atoms with E-state index in [1.165, 1.54) is 0 Å². The largest absolute Gasteiger partial charge is 0.481 e. The molecule has 8 heteroatoms. The van der Waals surface area contributed by atoms with Crippen LogP contribution >= 0.6 is 11.8 Å². The lowest BCUT2D eigenvalue weighted by Crippen LogP contribution is -2.49. The fourth-order valence-electron chi connectivity index (χ4n) is 5.57. The van der Waals surface area contributed by atoms with E-state index in [4.69, 9.17) is 4.74 Å². The van der Waals surface area contributed by atoms with Crippen molar-refractivity contribution >= 4 is 29.7 Å². The van der Waals surface area contributed by atoms with Crippen LogP contribution in [0.5, 0.6) is 0 Å². The minimum atomic E-state index is -0.780. The van der Waals surface area contributed by atoms with E-state index in [9.17, 15) is 19.5 Å². The zero-order chi connectivity index (χ0) is 23.8. The van der Waals surface area contributed by atoms with Crippen LogP contribution in [0.2, 0.25) is 0 Å². The molecule has 5 rings (SSSR count). The van der Waals surface area contributed by atoms with Gasteiger partial charge in [-0.2, -0.15) is 11.8 Å². The quantitative estimate of drug-likeness (QED) is 0.601. The van der Waals surface area contributed by atoms with Crippen LogP contribution < -0.4 is 5.32 Å². The molecule has 0 bridgehead atoms. The molecule has 3 aliphatic rings. The highest BCUT2D eigenvalue weighted by molar-refractivity contribution is 7.98. The second kappa shape index (κ2) is 9.33. The van der Waals surface area contributed by atoms with Gasteiger partial charge < -0.3 is 20.1 Å². The van der Waals surface area contributed by atoms with E-state index in [1.807, 2.05) is 30.5 Å². The molecule has 2 aromatic carbocycles. The molecule has 2 amide bonds. The van der Waals surface area contributed by atoms with Crippen LogP contribution in [0.3, 0.4) is 0 Å². The number of fused-ring (bicyclic) bond motifs is 4. The molecule has 1 saturated carbocycles. The number of benzene rings is 2. The Bertz CT molecular complexity index is 1060. The number of piperidine rings is 1. The van der Waals surface area contributed by atoms with E-state index >= 15 is 0 Å². The molecule has 1 heterocycles.